The van der Waals surface area contributed by atoms with Gasteiger partial charge in [0.25, 0.3) is 11.8 Å². The Balaban J connectivity index is 2.55. The van der Waals surface area contributed by atoms with Crippen molar-refractivity contribution in [2.24, 2.45) is 0 Å². The van der Waals surface area contributed by atoms with E-state index in [-0.39, 0.29) is 25.1 Å². The van der Waals surface area contributed by atoms with Crippen molar-refractivity contribution in [3.05, 3.63) is 58.2 Å². The summed E-state index contributed by atoms with van der Waals surface area (Å²) in [5, 5.41) is 0. The lowest BCUT2D eigenvalue weighted by Gasteiger charge is -2.22. The number of unbranched alkanes of at least 4 members (excludes halogenated alkanes) is 4. The molecule has 0 unspecified atom stereocenters. The van der Waals surface area contributed by atoms with Gasteiger partial charge in [0.2, 0.25) is 11.6 Å². The Morgan fingerprint density at radius 3 is 1.50 bits per heavy atom. The highest BCUT2D eigenvalue weighted by Gasteiger charge is 2.33. The van der Waals surface area contributed by atoms with Gasteiger partial charge in [0.05, 0.1) is 25.3 Å². The van der Waals surface area contributed by atoms with Gasteiger partial charge in [-0.15, -0.1) is 0 Å². The Kier molecular flexibility index (Phi) is 9.34. The van der Waals surface area contributed by atoms with E-state index in [0.717, 1.165) is 33.5 Å². The maximum absolute atomic E-state index is 14.7. The van der Waals surface area contributed by atoms with Gasteiger partial charge in [0.1, 0.15) is 0 Å². The van der Waals surface area contributed by atoms with Crippen molar-refractivity contribution in [3.8, 4) is 11.5 Å². The summed E-state index contributed by atoms with van der Waals surface area (Å²) in [4.78, 5) is 26.5. The van der Waals surface area contributed by atoms with Crippen molar-refractivity contribution in [1.82, 2.24) is 4.90 Å². The standard InChI is InChI=1S/C23H23F6NO4/c1-4-5-6-7-8-9-30(22(31)12-10-14(24)18(28)20(33-2)16(12)26)23(32)13-11-15(25)19(29)21(34-3)17(13)27/h10-11H,4-9H2,1-3H3. The number of benzene rings is 2. The van der Waals surface area contributed by atoms with E-state index in [4.69, 9.17) is 0 Å². The van der Waals surface area contributed by atoms with Gasteiger partial charge in [-0.05, 0) is 18.6 Å². The predicted molar refractivity (Wildman–Crippen MR) is 110 cm³/mol. The number of carbonyl (C=O) groups excluding carboxylic acids is 2. The highest BCUT2D eigenvalue weighted by molar-refractivity contribution is 6.10. The van der Waals surface area contributed by atoms with E-state index in [0.29, 0.717) is 11.3 Å². The lowest BCUT2D eigenvalue weighted by atomic mass is 10.1. The number of carbonyl (C=O) groups is 2. The zero-order valence-corrected chi connectivity index (χ0v) is 18.7. The number of ether oxygens (including phenoxy) is 2. The fourth-order valence-electron chi connectivity index (χ4n) is 3.29. The first-order valence-corrected chi connectivity index (χ1v) is 10.4. The molecule has 11 heteroatoms. The van der Waals surface area contributed by atoms with Crippen LogP contribution in [-0.2, 0) is 0 Å². The minimum Gasteiger partial charge on any atom is -0.491 e. The Morgan fingerprint density at radius 2 is 1.12 bits per heavy atom. The fourth-order valence-corrected chi connectivity index (χ4v) is 3.29. The van der Waals surface area contributed by atoms with Gasteiger partial charge in [-0.3, -0.25) is 14.5 Å². The SMILES string of the molecule is CCCCCCCN(C(=O)c1cc(F)c(F)c(OC)c1F)C(=O)c1cc(F)c(F)c(OC)c1F. The van der Waals surface area contributed by atoms with Crippen LogP contribution < -0.4 is 9.47 Å². The van der Waals surface area contributed by atoms with Crippen LogP contribution in [0.25, 0.3) is 0 Å². The van der Waals surface area contributed by atoms with Gasteiger partial charge in [0, 0.05) is 6.54 Å². The summed E-state index contributed by atoms with van der Waals surface area (Å²) in [6, 6.07) is 0.462. The number of methoxy groups -OCH3 is 2. The van der Waals surface area contributed by atoms with Crippen molar-refractivity contribution in [1.29, 1.82) is 0 Å². The van der Waals surface area contributed by atoms with E-state index < -0.39 is 69.3 Å². The van der Waals surface area contributed by atoms with E-state index >= 15 is 0 Å². The topological polar surface area (TPSA) is 55.8 Å². The quantitative estimate of drug-likeness (QED) is 0.183. The molecule has 5 nitrogen and oxygen atoms in total. The van der Waals surface area contributed by atoms with Gasteiger partial charge in [0.15, 0.2) is 34.8 Å². The molecule has 0 fully saturated rings. The number of rotatable bonds is 10. The number of imide groups is 1. The van der Waals surface area contributed by atoms with Crippen LogP contribution in [0, 0.1) is 34.9 Å². The predicted octanol–water partition coefficient (Wildman–Crippen LogP) is 5.79. The van der Waals surface area contributed by atoms with Gasteiger partial charge >= 0.3 is 0 Å². The molecule has 2 rings (SSSR count). The lowest BCUT2D eigenvalue weighted by Crippen LogP contribution is -2.39. The van der Waals surface area contributed by atoms with Crippen LogP contribution in [-0.4, -0.2) is 37.5 Å². The Bertz CT molecular complexity index is 999. The molecule has 0 aliphatic rings. The molecule has 0 N–H and O–H groups in total. The molecule has 186 valence electrons. The summed E-state index contributed by atoms with van der Waals surface area (Å²) in [6.07, 6.45) is 3.20. The first-order valence-electron chi connectivity index (χ1n) is 10.4. The van der Waals surface area contributed by atoms with Crippen molar-refractivity contribution < 1.29 is 45.4 Å². The number of hydrogen-bond donors (Lipinski definition) is 0. The van der Waals surface area contributed by atoms with Crippen LogP contribution in [0.4, 0.5) is 26.3 Å². The van der Waals surface area contributed by atoms with E-state index in [1.807, 2.05) is 6.92 Å². The van der Waals surface area contributed by atoms with Gasteiger partial charge in [-0.1, -0.05) is 32.6 Å². The minimum absolute atomic E-state index is 0.197. The number of halogens is 6. The number of hydrogen-bond acceptors (Lipinski definition) is 4. The molecule has 0 aliphatic carbocycles. The Labute approximate surface area is 192 Å². The molecule has 0 heterocycles. The maximum atomic E-state index is 14.7. The first-order chi connectivity index (χ1) is 16.1. The molecule has 2 aromatic carbocycles. The number of nitrogens with zero attached hydrogens (tertiary/aromatic N) is 1. The summed E-state index contributed by atoms with van der Waals surface area (Å²) < 4.78 is 93.8. The molecule has 2 amide bonds. The summed E-state index contributed by atoms with van der Waals surface area (Å²) in [5.41, 5.74) is -2.12. The first kappa shape index (κ1) is 27.0. The van der Waals surface area contributed by atoms with Crippen LogP contribution >= 0.6 is 0 Å². The van der Waals surface area contributed by atoms with Gasteiger partial charge < -0.3 is 9.47 Å². The minimum atomic E-state index is -1.69. The second-order valence-corrected chi connectivity index (χ2v) is 7.31. The fraction of sp³-hybridized carbons (Fsp3) is 0.391. The highest BCUT2D eigenvalue weighted by atomic mass is 19.2. The van der Waals surface area contributed by atoms with Crippen LogP contribution in [0.2, 0.25) is 0 Å². The molecule has 0 saturated carbocycles. The van der Waals surface area contributed by atoms with Gasteiger partial charge in [-0.25, -0.2) is 17.6 Å². The molecular formula is C23H23F6NO4. The average molecular weight is 491 g/mol. The second kappa shape index (κ2) is 11.8. The van der Waals surface area contributed by atoms with Crippen LogP contribution in [0.1, 0.15) is 59.7 Å². The molecule has 0 bridgehead atoms. The van der Waals surface area contributed by atoms with E-state index in [9.17, 15) is 35.9 Å². The van der Waals surface area contributed by atoms with Crippen molar-refractivity contribution in [2.45, 2.75) is 39.0 Å². The smallest absolute Gasteiger partial charge is 0.263 e. The van der Waals surface area contributed by atoms with Gasteiger partial charge in [-0.2, -0.15) is 8.78 Å². The van der Waals surface area contributed by atoms with E-state index in [1.165, 1.54) is 0 Å². The van der Waals surface area contributed by atoms with Crippen molar-refractivity contribution in [3.63, 3.8) is 0 Å². The molecule has 2 aromatic rings. The zero-order chi connectivity index (χ0) is 25.6. The molecule has 0 spiro atoms. The van der Waals surface area contributed by atoms with E-state index in [2.05, 4.69) is 9.47 Å². The molecular weight excluding hydrogens is 468 g/mol. The molecule has 0 radical (unpaired) electrons. The highest BCUT2D eigenvalue weighted by Crippen LogP contribution is 2.30. The van der Waals surface area contributed by atoms with Crippen molar-refractivity contribution >= 4 is 11.8 Å². The van der Waals surface area contributed by atoms with Crippen LogP contribution in [0.5, 0.6) is 11.5 Å². The molecule has 34 heavy (non-hydrogen) atoms. The number of amides is 2. The van der Waals surface area contributed by atoms with Crippen LogP contribution in [0.3, 0.4) is 0 Å². The summed E-state index contributed by atoms with van der Waals surface area (Å²) in [7, 11) is 1.68. The second-order valence-electron chi connectivity index (χ2n) is 7.31. The van der Waals surface area contributed by atoms with Crippen molar-refractivity contribution in [2.75, 3.05) is 20.8 Å². The average Bonchev–Trinajstić information content (AvgIpc) is 2.81. The third kappa shape index (κ3) is 5.45. The molecule has 0 atom stereocenters. The Morgan fingerprint density at radius 1 is 0.706 bits per heavy atom. The monoisotopic (exact) mass is 491 g/mol. The summed E-state index contributed by atoms with van der Waals surface area (Å²) in [6.45, 7) is 1.57. The molecule has 0 aromatic heterocycles. The lowest BCUT2D eigenvalue weighted by molar-refractivity contribution is 0.0605. The molecule has 0 aliphatic heterocycles. The summed E-state index contributed by atoms with van der Waals surface area (Å²) >= 11 is 0. The summed E-state index contributed by atoms with van der Waals surface area (Å²) in [5.74, 6) is -15.1. The zero-order valence-electron chi connectivity index (χ0n) is 18.7. The van der Waals surface area contributed by atoms with E-state index in [1.54, 1.807) is 0 Å². The molecule has 0 saturated heterocycles. The third-order valence-corrected chi connectivity index (χ3v) is 5.08. The van der Waals surface area contributed by atoms with Crippen LogP contribution in [0.15, 0.2) is 12.1 Å². The normalized spacial score (nSPS) is 10.9. The Hall–Kier alpha value is -3.24. The third-order valence-electron chi connectivity index (χ3n) is 5.08. The largest absolute Gasteiger partial charge is 0.491 e. The maximum Gasteiger partial charge on any atom is 0.263 e.